The number of amides is 1. The fourth-order valence-electron chi connectivity index (χ4n) is 2.37. The lowest BCUT2D eigenvalue weighted by Gasteiger charge is -2.33. The van der Waals surface area contributed by atoms with Crippen LogP contribution in [-0.4, -0.2) is 56.4 Å². The number of hydrogen-bond donors (Lipinski definition) is 1. The molecule has 92 valence electrons. The van der Waals surface area contributed by atoms with E-state index < -0.39 is 9.84 Å². The van der Waals surface area contributed by atoms with Crippen LogP contribution in [0.5, 0.6) is 0 Å². The maximum Gasteiger partial charge on any atom is 0.236 e. The van der Waals surface area contributed by atoms with Crippen LogP contribution < -0.4 is 5.32 Å². The van der Waals surface area contributed by atoms with Crippen molar-refractivity contribution in [2.45, 2.75) is 25.3 Å². The first-order valence-corrected chi connectivity index (χ1v) is 7.61. The number of carbonyl (C=O) groups is 1. The quantitative estimate of drug-likeness (QED) is 0.670. The molecular formula is C10H18N2O3S. The van der Waals surface area contributed by atoms with Crippen molar-refractivity contribution in [3.05, 3.63) is 0 Å². The molecule has 16 heavy (non-hydrogen) atoms. The van der Waals surface area contributed by atoms with Gasteiger partial charge in [-0.25, -0.2) is 8.42 Å². The Bertz CT molecular complexity index is 352. The molecule has 2 saturated heterocycles. The Morgan fingerprint density at radius 3 is 2.62 bits per heavy atom. The van der Waals surface area contributed by atoms with Crippen LogP contribution in [0, 0.1) is 0 Å². The standard InChI is InChI=1S/C10H18N2O3S/c13-10-8-11-4-1-5-12(10)9-2-6-16(14,15)7-3-9/h9,11H,1-8H2. The molecule has 2 aliphatic rings. The molecule has 0 saturated carbocycles. The number of nitrogens with zero attached hydrogens (tertiary/aromatic N) is 1. The fourth-order valence-corrected chi connectivity index (χ4v) is 3.84. The summed E-state index contributed by atoms with van der Waals surface area (Å²) in [4.78, 5) is 13.7. The van der Waals surface area contributed by atoms with Crippen molar-refractivity contribution in [3.63, 3.8) is 0 Å². The van der Waals surface area contributed by atoms with Gasteiger partial charge in [0, 0.05) is 12.6 Å². The Balaban J connectivity index is 1.99. The third-order valence-electron chi connectivity index (χ3n) is 3.31. The van der Waals surface area contributed by atoms with Crippen LogP contribution in [0.3, 0.4) is 0 Å². The van der Waals surface area contributed by atoms with Crippen LogP contribution in [0.2, 0.25) is 0 Å². The van der Waals surface area contributed by atoms with Gasteiger partial charge < -0.3 is 10.2 Å². The lowest BCUT2D eigenvalue weighted by molar-refractivity contribution is -0.132. The average molecular weight is 246 g/mol. The molecule has 2 aliphatic heterocycles. The highest BCUT2D eigenvalue weighted by Crippen LogP contribution is 2.19. The zero-order valence-corrected chi connectivity index (χ0v) is 10.1. The van der Waals surface area contributed by atoms with Gasteiger partial charge in [0.15, 0.2) is 0 Å². The summed E-state index contributed by atoms with van der Waals surface area (Å²) >= 11 is 0. The van der Waals surface area contributed by atoms with Gasteiger partial charge >= 0.3 is 0 Å². The Morgan fingerprint density at radius 1 is 1.25 bits per heavy atom. The summed E-state index contributed by atoms with van der Waals surface area (Å²) in [6, 6.07) is 0.135. The highest BCUT2D eigenvalue weighted by atomic mass is 32.2. The molecule has 2 heterocycles. The second-order valence-electron chi connectivity index (χ2n) is 4.50. The normalized spacial score (nSPS) is 27.8. The van der Waals surface area contributed by atoms with E-state index in [-0.39, 0.29) is 23.5 Å². The van der Waals surface area contributed by atoms with Gasteiger partial charge in [0.05, 0.1) is 18.1 Å². The van der Waals surface area contributed by atoms with Crippen molar-refractivity contribution in [2.75, 3.05) is 31.1 Å². The lowest BCUT2D eigenvalue weighted by Crippen LogP contribution is -2.46. The van der Waals surface area contributed by atoms with E-state index in [9.17, 15) is 13.2 Å². The topological polar surface area (TPSA) is 66.5 Å². The van der Waals surface area contributed by atoms with Gasteiger partial charge in [0.25, 0.3) is 0 Å². The van der Waals surface area contributed by atoms with E-state index in [1.54, 1.807) is 0 Å². The summed E-state index contributed by atoms with van der Waals surface area (Å²) in [7, 11) is -2.83. The molecule has 0 bridgehead atoms. The highest BCUT2D eigenvalue weighted by molar-refractivity contribution is 7.91. The minimum absolute atomic E-state index is 0.113. The van der Waals surface area contributed by atoms with Gasteiger partial charge in [0.2, 0.25) is 5.91 Å². The van der Waals surface area contributed by atoms with E-state index in [4.69, 9.17) is 0 Å². The zero-order valence-electron chi connectivity index (χ0n) is 9.31. The summed E-state index contributed by atoms with van der Waals surface area (Å²) in [5.41, 5.74) is 0. The second-order valence-corrected chi connectivity index (χ2v) is 6.80. The Kier molecular flexibility index (Phi) is 3.49. The summed E-state index contributed by atoms with van der Waals surface area (Å²) in [6.07, 6.45) is 2.16. The monoisotopic (exact) mass is 246 g/mol. The molecule has 0 atom stereocenters. The van der Waals surface area contributed by atoms with E-state index >= 15 is 0 Å². The molecule has 5 nitrogen and oxygen atoms in total. The summed E-state index contributed by atoms with van der Waals surface area (Å²) in [5, 5.41) is 3.07. The predicted octanol–water partition coefficient (Wildman–Crippen LogP) is -0.614. The smallest absolute Gasteiger partial charge is 0.236 e. The van der Waals surface area contributed by atoms with Crippen molar-refractivity contribution in [1.29, 1.82) is 0 Å². The van der Waals surface area contributed by atoms with Crippen LogP contribution in [0.1, 0.15) is 19.3 Å². The summed E-state index contributed by atoms with van der Waals surface area (Å²) < 4.78 is 22.6. The number of sulfone groups is 1. The largest absolute Gasteiger partial charge is 0.338 e. The van der Waals surface area contributed by atoms with Gasteiger partial charge in [-0.3, -0.25) is 4.79 Å². The predicted molar refractivity (Wildman–Crippen MR) is 60.9 cm³/mol. The molecular weight excluding hydrogens is 228 g/mol. The van der Waals surface area contributed by atoms with Crippen molar-refractivity contribution < 1.29 is 13.2 Å². The first kappa shape index (κ1) is 11.9. The minimum Gasteiger partial charge on any atom is -0.338 e. The van der Waals surface area contributed by atoms with Crippen molar-refractivity contribution in [2.24, 2.45) is 0 Å². The molecule has 0 unspecified atom stereocenters. The van der Waals surface area contributed by atoms with Crippen LogP contribution in [0.4, 0.5) is 0 Å². The molecule has 2 rings (SSSR count). The number of nitrogens with one attached hydrogen (secondary N) is 1. The van der Waals surface area contributed by atoms with Gasteiger partial charge in [0.1, 0.15) is 9.84 Å². The molecule has 0 spiro atoms. The third kappa shape index (κ3) is 2.74. The van der Waals surface area contributed by atoms with E-state index in [2.05, 4.69) is 5.32 Å². The average Bonchev–Trinajstić information content (AvgIpc) is 2.44. The lowest BCUT2D eigenvalue weighted by atomic mass is 10.1. The maximum atomic E-state index is 11.8. The molecule has 2 fully saturated rings. The molecule has 0 aliphatic carbocycles. The molecule has 1 amide bonds. The SMILES string of the molecule is O=C1CNCCCN1C1CCS(=O)(=O)CC1. The van der Waals surface area contributed by atoms with Crippen LogP contribution in [0.15, 0.2) is 0 Å². The van der Waals surface area contributed by atoms with Gasteiger partial charge in [-0.05, 0) is 25.8 Å². The third-order valence-corrected chi connectivity index (χ3v) is 5.03. The number of carbonyl (C=O) groups excluding carboxylic acids is 1. The molecule has 0 aromatic carbocycles. The highest BCUT2D eigenvalue weighted by Gasteiger charge is 2.30. The van der Waals surface area contributed by atoms with E-state index in [1.807, 2.05) is 4.90 Å². The second kappa shape index (κ2) is 4.71. The molecule has 0 aromatic heterocycles. The maximum absolute atomic E-state index is 11.8. The van der Waals surface area contributed by atoms with Gasteiger partial charge in [-0.1, -0.05) is 0 Å². The Hall–Kier alpha value is -0.620. The van der Waals surface area contributed by atoms with Crippen LogP contribution in [0.25, 0.3) is 0 Å². The minimum atomic E-state index is -2.83. The van der Waals surface area contributed by atoms with Crippen LogP contribution >= 0.6 is 0 Å². The molecule has 6 heteroatoms. The van der Waals surface area contributed by atoms with Gasteiger partial charge in [-0.2, -0.15) is 0 Å². The summed E-state index contributed by atoms with van der Waals surface area (Å²) in [5.74, 6) is 0.575. The van der Waals surface area contributed by atoms with E-state index in [0.717, 1.165) is 19.5 Å². The van der Waals surface area contributed by atoms with E-state index in [0.29, 0.717) is 19.4 Å². The Labute approximate surface area is 96.1 Å². The molecule has 1 N–H and O–H groups in total. The summed E-state index contributed by atoms with van der Waals surface area (Å²) in [6.45, 7) is 2.02. The first-order valence-electron chi connectivity index (χ1n) is 5.79. The van der Waals surface area contributed by atoms with Crippen molar-refractivity contribution >= 4 is 15.7 Å². The molecule has 0 radical (unpaired) electrons. The number of hydrogen-bond acceptors (Lipinski definition) is 4. The first-order chi connectivity index (χ1) is 7.58. The zero-order chi connectivity index (χ0) is 11.6. The van der Waals surface area contributed by atoms with E-state index in [1.165, 1.54) is 0 Å². The van der Waals surface area contributed by atoms with Crippen molar-refractivity contribution in [1.82, 2.24) is 10.2 Å². The number of rotatable bonds is 1. The Morgan fingerprint density at radius 2 is 1.94 bits per heavy atom. The van der Waals surface area contributed by atoms with Crippen LogP contribution in [-0.2, 0) is 14.6 Å². The van der Waals surface area contributed by atoms with Gasteiger partial charge in [-0.15, -0.1) is 0 Å². The molecule has 0 aromatic rings. The fraction of sp³-hybridized carbons (Fsp3) is 0.900. The van der Waals surface area contributed by atoms with Crippen molar-refractivity contribution in [3.8, 4) is 0 Å².